The van der Waals surface area contributed by atoms with E-state index in [1.165, 1.54) is 5.56 Å². The number of allylic oxidation sites excluding steroid dienone is 1. The summed E-state index contributed by atoms with van der Waals surface area (Å²) in [6.45, 7) is 0. The third-order valence-electron chi connectivity index (χ3n) is 4.65. The molecule has 4 rings (SSSR count). The van der Waals surface area contributed by atoms with Gasteiger partial charge < -0.3 is 4.74 Å². The van der Waals surface area contributed by atoms with Crippen molar-refractivity contribution in [3.05, 3.63) is 120 Å². The van der Waals surface area contributed by atoms with E-state index in [1.54, 1.807) is 0 Å². The van der Waals surface area contributed by atoms with Gasteiger partial charge in [-0.15, -0.1) is 0 Å². The molecule has 3 aromatic carbocycles. The predicted octanol–water partition coefficient (Wildman–Crippen LogP) is 5.53. The average molecular weight is 406 g/mol. The maximum Gasteiger partial charge on any atom is 0.213 e. The SMILES string of the molecule is BrCC1=CC(c2ccccc2)NC(c2ccccc2)(c2ccccc2)O1. The van der Waals surface area contributed by atoms with Crippen LogP contribution in [0.1, 0.15) is 22.7 Å². The van der Waals surface area contributed by atoms with E-state index < -0.39 is 5.72 Å². The molecule has 1 N–H and O–H groups in total. The van der Waals surface area contributed by atoms with Gasteiger partial charge >= 0.3 is 0 Å². The Morgan fingerprint density at radius 3 is 1.77 bits per heavy atom. The minimum Gasteiger partial charge on any atom is -0.468 e. The van der Waals surface area contributed by atoms with Crippen molar-refractivity contribution in [2.75, 3.05) is 5.33 Å². The molecule has 1 aliphatic rings. The molecule has 0 aliphatic carbocycles. The second-order valence-corrected chi connectivity index (χ2v) is 6.88. The normalized spacial score (nSPS) is 18.7. The van der Waals surface area contributed by atoms with Gasteiger partial charge in [0.05, 0.1) is 11.4 Å². The van der Waals surface area contributed by atoms with E-state index >= 15 is 0 Å². The zero-order chi connectivity index (χ0) is 17.8. The van der Waals surface area contributed by atoms with Crippen LogP contribution in [0.15, 0.2) is 103 Å². The monoisotopic (exact) mass is 405 g/mol. The number of ether oxygens (including phenoxy) is 1. The van der Waals surface area contributed by atoms with Crippen molar-refractivity contribution in [2.24, 2.45) is 0 Å². The van der Waals surface area contributed by atoms with E-state index in [4.69, 9.17) is 4.74 Å². The summed E-state index contributed by atoms with van der Waals surface area (Å²) in [6, 6.07) is 31.2. The van der Waals surface area contributed by atoms with Crippen molar-refractivity contribution in [1.82, 2.24) is 5.32 Å². The van der Waals surface area contributed by atoms with Gasteiger partial charge in [0.1, 0.15) is 5.76 Å². The highest BCUT2D eigenvalue weighted by Crippen LogP contribution is 2.40. The lowest BCUT2D eigenvalue weighted by atomic mass is 9.90. The summed E-state index contributed by atoms with van der Waals surface area (Å²) >= 11 is 3.59. The van der Waals surface area contributed by atoms with Crippen molar-refractivity contribution >= 4 is 15.9 Å². The molecule has 0 saturated carbocycles. The van der Waals surface area contributed by atoms with Crippen molar-refractivity contribution in [2.45, 2.75) is 11.8 Å². The lowest BCUT2D eigenvalue weighted by Crippen LogP contribution is -2.49. The zero-order valence-electron chi connectivity index (χ0n) is 14.3. The number of rotatable bonds is 4. The van der Waals surface area contributed by atoms with Crippen molar-refractivity contribution < 1.29 is 4.74 Å². The van der Waals surface area contributed by atoms with E-state index in [0.717, 1.165) is 16.9 Å². The summed E-state index contributed by atoms with van der Waals surface area (Å²) in [5, 5.41) is 4.43. The first kappa shape index (κ1) is 17.1. The molecule has 26 heavy (non-hydrogen) atoms. The third kappa shape index (κ3) is 3.20. The highest BCUT2D eigenvalue weighted by Gasteiger charge is 2.41. The van der Waals surface area contributed by atoms with E-state index in [9.17, 15) is 0 Å². The smallest absolute Gasteiger partial charge is 0.213 e. The largest absolute Gasteiger partial charge is 0.468 e. The molecule has 0 spiro atoms. The number of alkyl halides is 1. The van der Waals surface area contributed by atoms with Gasteiger partial charge in [-0.3, -0.25) is 5.32 Å². The van der Waals surface area contributed by atoms with E-state index in [1.807, 2.05) is 18.2 Å². The molecule has 0 amide bonds. The summed E-state index contributed by atoms with van der Waals surface area (Å²) in [6.07, 6.45) is 2.15. The molecule has 1 atom stereocenters. The summed E-state index contributed by atoms with van der Waals surface area (Å²) in [5.74, 6) is 0.922. The van der Waals surface area contributed by atoms with Crippen LogP contribution in [0.4, 0.5) is 0 Å². The van der Waals surface area contributed by atoms with Gasteiger partial charge in [0, 0.05) is 11.1 Å². The number of hydrogen-bond acceptors (Lipinski definition) is 2. The minimum atomic E-state index is -0.735. The lowest BCUT2D eigenvalue weighted by Gasteiger charge is -2.42. The first-order valence-corrected chi connectivity index (χ1v) is 9.83. The van der Waals surface area contributed by atoms with Crippen LogP contribution in [0.2, 0.25) is 0 Å². The van der Waals surface area contributed by atoms with Gasteiger partial charge in [0.25, 0.3) is 0 Å². The van der Waals surface area contributed by atoms with Crippen LogP contribution in [0, 0.1) is 0 Å². The minimum absolute atomic E-state index is 0.0536. The molecule has 3 heteroatoms. The summed E-state index contributed by atoms with van der Waals surface area (Å²) in [7, 11) is 0. The molecule has 0 saturated heterocycles. The van der Waals surface area contributed by atoms with Gasteiger partial charge in [-0.05, 0) is 11.6 Å². The van der Waals surface area contributed by atoms with E-state index in [-0.39, 0.29) is 6.04 Å². The van der Waals surface area contributed by atoms with Gasteiger partial charge in [-0.2, -0.15) is 0 Å². The quantitative estimate of drug-likeness (QED) is 0.576. The Bertz CT molecular complexity index is 838. The van der Waals surface area contributed by atoms with Crippen molar-refractivity contribution in [1.29, 1.82) is 0 Å². The van der Waals surface area contributed by atoms with Crippen molar-refractivity contribution in [3.8, 4) is 0 Å². The van der Waals surface area contributed by atoms with Crippen LogP contribution in [-0.4, -0.2) is 5.33 Å². The first-order chi connectivity index (χ1) is 12.8. The molecule has 0 radical (unpaired) electrons. The van der Waals surface area contributed by atoms with Gasteiger partial charge in [0.15, 0.2) is 0 Å². The lowest BCUT2D eigenvalue weighted by molar-refractivity contribution is -0.0161. The van der Waals surface area contributed by atoms with Gasteiger partial charge in [-0.25, -0.2) is 0 Å². The Labute approximate surface area is 162 Å². The number of nitrogens with one attached hydrogen (secondary N) is 1. The molecular formula is C23H20BrNO. The van der Waals surface area contributed by atoms with Crippen LogP contribution in [0.3, 0.4) is 0 Å². The Balaban J connectivity index is 1.87. The topological polar surface area (TPSA) is 21.3 Å². The van der Waals surface area contributed by atoms with Crippen LogP contribution in [0.25, 0.3) is 0 Å². The fourth-order valence-corrected chi connectivity index (χ4v) is 3.72. The summed E-state index contributed by atoms with van der Waals surface area (Å²) in [4.78, 5) is 0. The Morgan fingerprint density at radius 2 is 1.27 bits per heavy atom. The average Bonchev–Trinajstić information content (AvgIpc) is 2.75. The zero-order valence-corrected chi connectivity index (χ0v) is 15.9. The first-order valence-electron chi connectivity index (χ1n) is 8.71. The molecule has 3 aromatic rings. The van der Waals surface area contributed by atoms with Crippen LogP contribution in [-0.2, 0) is 10.5 Å². The van der Waals surface area contributed by atoms with Crippen LogP contribution < -0.4 is 5.32 Å². The maximum atomic E-state index is 6.55. The molecule has 0 aromatic heterocycles. The molecule has 1 unspecified atom stereocenters. The number of halogens is 1. The van der Waals surface area contributed by atoms with Crippen LogP contribution in [0.5, 0.6) is 0 Å². The summed E-state index contributed by atoms with van der Waals surface area (Å²) in [5.41, 5.74) is 2.64. The molecule has 130 valence electrons. The van der Waals surface area contributed by atoms with Gasteiger partial charge in [-0.1, -0.05) is 107 Å². The second-order valence-electron chi connectivity index (χ2n) is 6.31. The molecule has 0 fully saturated rings. The van der Waals surface area contributed by atoms with Gasteiger partial charge in [0.2, 0.25) is 5.72 Å². The maximum absolute atomic E-state index is 6.55. The highest BCUT2D eigenvalue weighted by atomic mass is 79.9. The van der Waals surface area contributed by atoms with Crippen molar-refractivity contribution in [3.63, 3.8) is 0 Å². The fraction of sp³-hybridized carbons (Fsp3) is 0.130. The second kappa shape index (κ2) is 7.48. The molecular weight excluding hydrogens is 386 g/mol. The Hall–Kier alpha value is -2.36. The Kier molecular flexibility index (Phi) is 4.91. The van der Waals surface area contributed by atoms with E-state index in [0.29, 0.717) is 5.33 Å². The third-order valence-corrected chi connectivity index (χ3v) is 5.20. The van der Waals surface area contributed by atoms with E-state index in [2.05, 4.69) is 100 Å². The predicted molar refractivity (Wildman–Crippen MR) is 109 cm³/mol. The molecule has 0 bridgehead atoms. The fourth-order valence-electron chi connectivity index (χ4n) is 3.42. The molecule has 1 aliphatic heterocycles. The summed E-state index contributed by atoms with van der Waals surface area (Å²) < 4.78 is 6.55. The van der Waals surface area contributed by atoms with Crippen LogP contribution >= 0.6 is 15.9 Å². The standard InChI is InChI=1S/C23H20BrNO/c24-17-21-16-22(18-10-4-1-5-11-18)25-23(26-21,19-12-6-2-7-13-19)20-14-8-3-9-15-20/h1-16,22,25H,17H2. The molecule has 1 heterocycles. The Morgan fingerprint density at radius 1 is 0.769 bits per heavy atom. The highest BCUT2D eigenvalue weighted by molar-refractivity contribution is 9.09. The number of benzene rings is 3. The number of hydrogen-bond donors (Lipinski definition) is 1. The molecule has 2 nitrogen and oxygen atoms in total.